The fourth-order valence-electron chi connectivity index (χ4n) is 4.47. The molecule has 178 valence electrons. The molecular weight excluding hydrogens is 440 g/mol. The van der Waals surface area contributed by atoms with Gasteiger partial charge in [0.25, 0.3) is 5.91 Å². The maximum absolute atomic E-state index is 13.5. The van der Waals surface area contributed by atoms with Crippen molar-refractivity contribution in [2.75, 3.05) is 11.9 Å². The van der Waals surface area contributed by atoms with Gasteiger partial charge in [0.05, 0.1) is 12.2 Å². The van der Waals surface area contributed by atoms with E-state index in [2.05, 4.69) is 26.1 Å². The second kappa shape index (κ2) is 10.1. The van der Waals surface area contributed by atoms with Crippen LogP contribution in [0.2, 0.25) is 0 Å². The van der Waals surface area contributed by atoms with E-state index in [-0.39, 0.29) is 11.3 Å². The Morgan fingerprint density at radius 2 is 1.91 bits per heavy atom. The number of rotatable bonds is 6. The van der Waals surface area contributed by atoms with Crippen LogP contribution in [0.1, 0.15) is 66.0 Å². The molecule has 2 aromatic carbocycles. The van der Waals surface area contributed by atoms with Crippen LogP contribution in [0.25, 0.3) is 0 Å². The van der Waals surface area contributed by atoms with Crippen molar-refractivity contribution in [3.63, 3.8) is 0 Å². The number of thiophene rings is 1. The van der Waals surface area contributed by atoms with E-state index >= 15 is 0 Å². The third-order valence-corrected chi connectivity index (χ3v) is 7.71. The van der Waals surface area contributed by atoms with Crippen LogP contribution in [0.5, 0.6) is 5.75 Å². The number of ether oxygens (including phenoxy) is 1. The Morgan fingerprint density at radius 3 is 2.62 bits per heavy atom. The maximum Gasteiger partial charge on any atom is 0.259 e. The predicted molar refractivity (Wildman–Crippen MR) is 143 cm³/mol. The van der Waals surface area contributed by atoms with Gasteiger partial charge < -0.3 is 10.1 Å². The molecule has 1 amide bonds. The first-order valence-electron chi connectivity index (χ1n) is 12.0. The zero-order valence-electron chi connectivity index (χ0n) is 20.8. The molecule has 0 spiro atoms. The number of hydrogen-bond donors (Lipinski definition) is 1. The smallest absolute Gasteiger partial charge is 0.259 e. The molecule has 0 bridgehead atoms. The summed E-state index contributed by atoms with van der Waals surface area (Å²) in [5.74, 6) is 1.32. The fourth-order valence-corrected chi connectivity index (χ4v) is 5.74. The van der Waals surface area contributed by atoms with Crippen molar-refractivity contribution in [3.05, 3.63) is 75.7 Å². The maximum atomic E-state index is 13.5. The molecule has 34 heavy (non-hydrogen) atoms. The Kier molecular flexibility index (Phi) is 7.22. The molecule has 1 N–H and O–H groups in total. The highest BCUT2D eigenvalue weighted by Crippen LogP contribution is 2.45. The summed E-state index contributed by atoms with van der Waals surface area (Å²) in [7, 11) is 0. The molecule has 0 radical (unpaired) electrons. The van der Waals surface area contributed by atoms with Gasteiger partial charge in [-0.25, -0.2) is 4.99 Å². The highest BCUT2D eigenvalue weighted by Gasteiger charge is 2.33. The number of carbonyl (C=O) groups is 1. The van der Waals surface area contributed by atoms with E-state index in [1.165, 1.54) is 10.4 Å². The van der Waals surface area contributed by atoms with E-state index < -0.39 is 0 Å². The molecule has 1 aromatic heterocycles. The normalized spacial score (nSPS) is 15.9. The molecular formula is C29H34N2O2S. The van der Waals surface area contributed by atoms with Crippen molar-refractivity contribution in [2.45, 2.75) is 53.9 Å². The van der Waals surface area contributed by atoms with Crippen LogP contribution in [-0.2, 0) is 12.8 Å². The van der Waals surface area contributed by atoms with E-state index in [9.17, 15) is 4.79 Å². The van der Waals surface area contributed by atoms with Crippen LogP contribution >= 0.6 is 11.3 Å². The quantitative estimate of drug-likeness (QED) is 0.374. The summed E-state index contributed by atoms with van der Waals surface area (Å²) in [6.07, 6.45) is 4.83. The zero-order chi connectivity index (χ0) is 24.3. The van der Waals surface area contributed by atoms with Crippen molar-refractivity contribution in [1.82, 2.24) is 0 Å². The SMILES string of the molecule is CCOc1ccccc1C=Nc1sc2c(c1C(=O)Nc1ccc(C)cc1)CC[C@@H](C(C)(C)C)C2. The number of fused-ring (bicyclic) bond motifs is 1. The van der Waals surface area contributed by atoms with E-state index in [1.807, 2.05) is 68.6 Å². The number of nitrogens with one attached hydrogen (secondary N) is 1. The van der Waals surface area contributed by atoms with Gasteiger partial charge in [0.2, 0.25) is 0 Å². The summed E-state index contributed by atoms with van der Waals surface area (Å²) in [4.78, 5) is 19.6. The number of aryl methyl sites for hydroxylation is 1. The zero-order valence-corrected chi connectivity index (χ0v) is 21.6. The van der Waals surface area contributed by atoms with Crippen LogP contribution in [0.15, 0.2) is 53.5 Å². The van der Waals surface area contributed by atoms with Gasteiger partial charge in [0, 0.05) is 22.3 Å². The summed E-state index contributed by atoms with van der Waals surface area (Å²) in [6, 6.07) is 15.8. The van der Waals surface area contributed by atoms with Gasteiger partial charge in [0.1, 0.15) is 10.8 Å². The summed E-state index contributed by atoms with van der Waals surface area (Å²) in [5, 5.41) is 3.88. The minimum Gasteiger partial charge on any atom is -0.493 e. The first kappa shape index (κ1) is 24.2. The molecule has 0 aliphatic heterocycles. The summed E-state index contributed by atoms with van der Waals surface area (Å²) in [5.41, 5.74) is 5.01. The van der Waals surface area contributed by atoms with Gasteiger partial charge in [-0.05, 0) is 74.3 Å². The van der Waals surface area contributed by atoms with Crippen LogP contribution in [0.3, 0.4) is 0 Å². The molecule has 0 saturated heterocycles. The highest BCUT2D eigenvalue weighted by atomic mass is 32.1. The fraction of sp³-hybridized carbons (Fsp3) is 0.379. The van der Waals surface area contributed by atoms with Crippen LogP contribution in [0.4, 0.5) is 10.7 Å². The second-order valence-electron chi connectivity index (χ2n) is 10.0. The lowest BCUT2D eigenvalue weighted by Gasteiger charge is -2.33. The Labute approximate surface area is 207 Å². The number of hydrogen-bond acceptors (Lipinski definition) is 4. The third kappa shape index (κ3) is 5.41. The Balaban J connectivity index is 1.71. The molecule has 3 aromatic rings. The third-order valence-electron chi connectivity index (χ3n) is 6.55. The van der Waals surface area contributed by atoms with Crippen molar-refractivity contribution in [1.29, 1.82) is 0 Å². The minimum absolute atomic E-state index is 0.0826. The van der Waals surface area contributed by atoms with Gasteiger partial charge in [-0.2, -0.15) is 0 Å². The molecule has 4 rings (SSSR count). The van der Waals surface area contributed by atoms with Crippen LogP contribution in [0, 0.1) is 18.3 Å². The Hall–Kier alpha value is -2.92. The Morgan fingerprint density at radius 1 is 1.18 bits per heavy atom. The highest BCUT2D eigenvalue weighted by molar-refractivity contribution is 7.16. The van der Waals surface area contributed by atoms with Crippen LogP contribution < -0.4 is 10.1 Å². The molecule has 4 nitrogen and oxygen atoms in total. The Bertz CT molecular complexity index is 1190. The van der Waals surface area contributed by atoms with Crippen molar-refractivity contribution in [2.24, 2.45) is 16.3 Å². The van der Waals surface area contributed by atoms with E-state index in [0.29, 0.717) is 12.5 Å². The number of nitrogens with zero attached hydrogens (tertiary/aromatic N) is 1. The lowest BCUT2D eigenvalue weighted by Crippen LogP contribution is -2.27. The van der Waals surface area contributed by atoms with Crippen molar-refractivity contribution in [3.8, 4) is 5.75 Å². The number of anilines is 1. The predicted octanol–water partition coefficient (Wildman–Crippen LogP) is 7.61. The van der Waals surface area contributed by atoms with E-state index in [0.717, 1.165) is 52.4 Å². The van der Waals surface area contributed by atoms with Crippen molar-refractivity contribution >= 4 is 34.1 Å². The lowest BCUT2D eigenvalue weighted by atomic mass is 9.72. The average Bonchev–Trinajstić information content (AvgIpc) is 3.17. The van der Waals surface area contributed by atoms with Gasteiger partial charge in [-0.3, -0.25) is 4.79 Å². The molecule has 1 aliphatic rings. The number of para-hydroxylation sites is 1. The van der Waals surface area contributed by atoms with Crippen LogP contribution in [-0.4, -0.2) is 18.7 Å². The first-order chi connectivity index (χ1) is 16.3. The molecule has 0 fully saturated rings. The average molecular weight is 475 g/mol. The monoisotopic (exact) mass is 474 g/mol. The van der Waals surface area contributed by atoms with Gasteiger partial charge >= 0.3 is 0 Å². The minimum atomic E-state index is -0.0826. The topological polar surface area (TPSA) is 50.7 Å². The number of aliphatic imine (C=N–C) groups is 1. The summed E-state index contributed by atoms with van der Waals surface area (Å²) in [6.45, 7) is 11.5. The number of carbonyl (C=O) groups excluding carboxylic acids is 1. The number of benzene rings is 2. The molecule has 0 saturated carbocycles. The lowest BCUT2D eigenvalue weighted by molar-refractivity contribution is 0.102. The van der Waals surface area contributed by atoms with Gasteiger partial charge in [0.15, 0.2) is 0 Å². The summed E-state index contributed by atoms with van der Waals surface area (Å²) < 4.78 is 5.76. The largest absolute Gasteiger partial charge is 0.493 e. The molecule has 1 aliphatic carbocycles. The van der Waals surface area contributed by atoms with Gasteiger partial charge in [-0.1, -0.05) is 50.6 Å². The van der Waals surface area contributed by atoms with E-state index in [4.69, 9.17) is 9.73 Å². The number of amides is 1. The molecule has 1 heterocycles. The standard InChI is InChI=1S/C29H34N2O2S/c1-6-33-24-10-8-7-9-20(24)18-30-28-26(27(32)31-22-14-11-19(2)12-15-22)23-16-13-21(29(3,4)5)17-25(23)34-28/h7-12,14-15,18,21H,6,13,16-17H2,1-5H3,(H,31,32)/t21-/m1/s1. The molecule has 1 atom stereocenters. The molecule has 0 unspecified atom stereocenters. The second-order valence-corrected chi connectivity index (χ2v) is 11.1. The molecule has 5 heteroatoms. The van der Waals surface area contributed by atoms with E-state index in [1.54, 1.807) is 11.3 Å². The summed E-state index contributed by atoms with van der Waals surface area (Å²) >= 11 is 1.66. The van der Waals surface area contributed by atoms with Gasteiger partial charge in [-0.15, -0.1) is 11.3 Å². The van der Waals surface area contributed by atoms with Crippen molar-refractivity contribution < 1.29 is 9.53 Å². The first-order valence-corrected chi connectivity index (χ1v) is 12.9.